The summed E-state index contributed by atoms with van der Waals surface area (Å²) >= 11 is 0. The van der Waals surface area contributed by atoms with Gasteiger partial charge in [0.1, 0.15) is 18.8 Å². The van der Waals surface area contributed by atoms with Crippen molar-refractivity contribution in [2.45, 2.75) is 57.8 Å². The SMILES string of the molecule is CCOC(=O)COC1CCC(Nc2ncnc3c2COCC3)CC1. The Labute approximate surface area is 142 Å². The molecule has 1 aromatic rings. The molecule has 0 saturated heterocycles. The van der Waals surface area contributed by atoms with E-state index >= 15 is 0 Å². The number of ether oxygens (including phenoxy) is 3. The molecule has 2 aliphatic rings. The van der Waals surface area contributed by atoms with E-state index in [0.717, 1.165) is 55.8 Å². The summed E-state index contributed by atoms with van der Waals surface area (Å²) < 4.78 is 16.1. The maximum absolute atomic E-state index is 11.3. The highest BCUT2D eigenvalue weighted by Crippen LogP contribution is 2.27. The second kappa shape index (κ2) is 8.39. The molecule has 7 heteroatoms. The number of nitrogens with zero attached hydrogens (tertiary/aromatic N) is 2. The third kappa shape index (κ3) is 4.42. The van der Waals surface area contributed by atoms with E-state index < -0.39 is 0 Å². The molecule has 132 valence electrons. The Morgan fingerprint density at radius 2 is 2.17 bits per heavy atom. The monoisotopic (exact) mass is 335 g/mol. The van der Waals surface area contributed by atoms with Crippen LogP contribution < -0.4 is 5.32 Å². The second-order valence-corrected chi connectivity index (χ2v) is 6.18. The van der Waals surface area contributed by atoms with E-state index in [1.54, 1.807) is 13.3 Å². The number of aromatic nitrogens is 2. The highest BCUT2D eigenvalue weighted by atomic mass is 16.6. The predicted octanol–water partition coefficient (Wildman–Crippen LogP) is 1.85. The molecule has 2 heterocycles. The smallest absolute Gasteiger partial charge is 0.332 e. The lowest BCUT2D eigenvalue weighted by Crippen LogP contribution is -2.32. The molecule has 1 aliphatic carbocycles. The average molecular weight is 335 g/mol. The fourth-order valence-corrected chi connectivity index (χ4v) is 3.24. The van der Waals surface area contributed by atoms with Crippen molar-refractivity contribution >= 4 is 11.8 Å². The number of rotatable bonds is 6. The molecular formula is C17H25N3O4. The molecule has 0 amide bonds. The lowest BCUT2D eigenvalue weighted by molar-refractivity contribution is -0.151. The minimum absolute atomic E-state index is 0.0490. The topological polar surface area (TPSA) is 82.6 Å². The van der Waals surface area contributed by atoms with Crippen LogP contribution in [-0.4, -0.2) is 47.9 Å². The summed E-state index contributed by atoms with van der Waals surface area (Å²) in [4.78, 5) is 20.1. The first-order chi connectivity index (χ1) is 11.8. The molecule has 1 N–H and O–H groups in total. The van der Waals surface area contributed by atoms with E-state index in [-0.39, 0.29) is 18.7 Å². The number of fused-ring (bicyclic) bond motifs is 1. The first-order valence-electron chi connectivity index (χ1n) is 8.70. The Balaban J connectivity index is 1.47. The van der Waals surface area contributed by atoms with Gasteiger partial charge < -0.3 is 19.5 Å². The maximum Gasteiger partial charge on any atom is 0.332 e. The van der Waals surface area contributed by atoms with Gasteiger partial charge in [0.05, 0.1) is 31.6 Å². The quantitative estimate of drug-likeness (QED) is 0.794. The Morgan fingerprint density at radius 3 is 2.96 bits per heavy atom. The number of carbonyl (C=O) groups excluding carboxylic acids is 1. The second-order valence-electron chi connectivity index (χ2n) is 6.18. The zero-order chi connectivity index (χ0) is 16.8. The van der Waals surface area contributed by atoms with E-state index in [9.17, 15) is 4.79 Å². The van der Waals surface area contributed by atoms with Crippen molar-refractivity contribution in [3.63, 3.8) is 0 Å². The van der Waals surface area contributed by atoms with Crippen LogP contribution in [0.2, 0.25) is 0 Å². The minimum atomic E-state index is -0.287. The third-order valence-electron chi connectivity index (χ3n) is 4.52. The Kier molecular flexibility index (Phi) is 5.98. The fourth-order valence-electron chi connectivity index (χ4n) is 3.24. The minimum Gasteiger partial charge on any atom is -0.464 e. The van der Waals surface area contributed by atoms with Gasteiger partial charge in [0.2, 0.25) is 0 Å². The van der Waals surface area contributed by atoms with E-state index in [2.05, 4.69) is 15.3 Å². The van der Waals surface area contributed by atoms with Gasteiger partial charge in [-0.15, -0.1) is 0 Å². The average Bonchev–Trinajstić information content (AvgIpc) is 2.62. The number of hydrogen-bond acceptors (Lipinski definition) is 7. The molecule has 1 aliphatic heterocycles. The molecule has 0 atom stereocenters. The summed E-state index contributed by atoms with van der Waals surface area (Å²) in [5, 5.41) is 3.54. The lowest BCUT2D eigenvalue weighted by Gasteiger charge is -2.30. The summed E-state index contributed by atoms with van der Waals surface area (Å²) in [6.07, 6.45) is 6.46. The standard InChI is InChI=1S/C17H25N3O4/c1-2-23-16(21)10-24-13-5-3-12(4-6-13)20-17-14-9-22-8-7-15(14)18-11-19-17/h11-13H,2-10H2,1H3,(H,18,19,20). The van der Waals surface area contributed by atoms with Crippen LogP contribution in [0.1, 0.15) is 43.9 Å². The van der Waals surface area contributed by atoms with Gasteiger partial charge in [0, 0.05) is 18.0 Å². The predicted molar refractivity (Wildman–Crippen MR) is 87.6 cm³/mol. The van der Waals surface area contributed by atoms with Crippen molar-refractivity contribution in [3.05, 3.63) is 17.6 Å². The maximum atomic E-state index is 11.3. The van der Waals surface area contributed by atoms with Crippen molar-refractivity contribution in [1.29, 1.82) is 0 Å². The van der Waals surface area contributed by atoms with Gasteiger partial charge in [0.25, 0.3) is 0 Å². The largest absolute Gasteiger partial charge is 0.464 e. The van der Waals surface area contributed by atoms with Gasteiger partial charge in [-0.3, -0.25) is 0 Å². The Hall–Kier alpha value is -1.73. The lowest BCUT2D eigenvalue weighted by atomic mass is 9.92. The van der Waals surface area contributed by atoms with Crippen LogP contribution in [0.15, 0.2) is 6.33 Å². The highest BCUT2D eigenvalue weighted by molar-refractivity contribution is 5.70. The van der Waals surface area contributed by atoms with Crippen molar-refractivity contribution in [2.75, 3.05) is 25.1 Å². The molecular weight excluding hydrogens is 310 g/mol. The summed E-state index contributed by atoms with van der Waals surface area (Å²) in [5.41, 5.74) is 2.18. The number of anilines is 1. The van der Waals surface area contributed by atoms with Gasteiger partial charge in [-0.05, 0) is 32.6 Å². The number of hydrogen-bond donors (Lipinski definition) is 1. The van der Waals surface area contributed by atoms with Crippen molar-refractivity contribution in [3.8, 4) is 0 Å². The van der Waals surface area contributed by atoms with Crippen LogP contribution in [0.3, 0.4) is 0 Å². The molecule has 0 radical (unpaired) electrons. The van der Waals surface area contributed by atoms with Crippen molar-refractivity contribution in [2.24, 2.45) is 0 Å². The molecule has 1 saturated carbocycles. The van der Waals surface area contributed by atoms with Crippen LogP contribution in [-0.2, 0) is 32.0 Å². The van der Waals surface area contributed by atoms with Gasteiger partial charge in [0.15, 0.2) is 0 Å². The van der Waals surface area contributed by atoms with E-state index in [1.807, 2.05) is 0 Å². The van der Waals surface area contributed by atoms with Crippen molar-refractivity contribution < 1.29 is 19.0 Å². The third-order valence-corrected chi connectivity index (χ3v) is 4.52. The van der Waals surface area contributed by atoms with Gasteiger partial charge in [-0.2, -0.15) is 0 Å². The summed E-state index contributed by atoms with van der Waals surface area (Å²) in [5.74, 6) is 0.612. The van der Waals surface area contributed by atoms with E-state index in [1.165, 1.54) is 0 Å². The molecule has 0 unspecified atom stereocenters. The van der Waals surface area contributed by atoms with E-state index in [4.69, 9.17) is 14.2 Å². The number of carbonyl (C=O) groups is 1. The Bertz CT molecular complexity index is 559. The molecule has 1 fully saturated rings. The fraction of sp³-hybridized carbons (Fsp3) is 0.706. The molecule has 0 spiro atoms. The highest BCUT2D eigenvalue weighted by Gasteiger charge is 2.24. The molecule has 1 aromatic heterocycles. The number of esters is 1. The normalized spacial score (nSPS) is 23.4. The van der Waals surface area contributed by atoms with Crippen LogP contribution in [0.25, 0.3) is 0 Å². The van der Waals surface area contributed by atoms with Crippen LogP contribution in [0.4, 0.5) is 5.82 Å². The molecule has 24 heavy (non-hydrogen) atoms. The summed E-state index contributed by atoms with van der Waals surface area (Å²) in [7, 11) is 0. The summed E-state index contributed by atoms with van der Waals surface area (Å²) in [6.45, 7) is 3.55. The van der Waals surface area contributed by atoms with Gasteiger partial charge in [-0.25, -0.2) is 14.8 Å². The number of nitrogens with one attached hydrogen (secondary N) is 1. The van der Waals surface area contributed by atoms with Crippen molar-refractivity contribution in [1.82, 2.24) is 9.97 Å². The van der Waals surface area contributed by atoms with Crippen LogP contribution in [0.5, 0.6) is 0 Å². The first-order valence-corrected chi connectivity index (χ1v) is 8.70. The van der Waals surface area contributed by atoms with Crippen LogP contribution >= 0.6 is 0 Å². The Morgan fingerprint density at radius 1 is 1.33 bits per heavy atom. The van der Waals surface area contributed by atoms with Gasteiger partial charge in [-0.1, -0.05) is 0 Å². The zero-order valence-corrected chi connectivity index (χ0v) is 14.1. The van der Waals surface area contributed by atoms with E-state index in [0.29, 0.717) is 19.3 Å². The molecule has 7 nitrogen and oxygen atoms in total. The van der Waals surface area contributed by atoms with Gasteiger partial charge >= 0.3 is 5.97 Å². The van der Waals surface area contributed by atoms with Crippen LogP contribution in [0, 0.1) is 0 Å². The molecule has 0 aromatic carbocycles. The molecule has 0 bridgehead atoms. The molecule has 3 rings (SSSR count). The first kappa shape index (κ1) is 17.1. The summed E-state index contributed by atoms with van der Waals surface area (Å²) in [6, 6.07) is 0.369. The zero-order valence-electron chi connectivity index (χ0n) is 14.1.